The van der Waals surface area contributed by atoms with Gasteiger partial charge in [0.2, 0.25) is 5.95 Å². The summed E-state index contributed by atoms with van der Waals surface area (Å²) in [4.78, 5) is 20.7. The Kier molecular flexibility index (Phi) is 3.73. The lowest BCUT2D eigenvalue weighted by Crippen LogP contribution is -2.20. The molecular weight excluding hydrogens is 290 g/mol. The number of pyridine rings is 1. The van der Waals surface area contributed by atoms with E-state index in [1.165, 1.54) is 0 Å². The maximum atomic E-state index is 12.6. The first-order chi connectivity index (χ1) is 11.1. The number of benzene rings is 1. The molecule has 3 aromatic rings. The number of nitrogens with two attached hydrogens (primary N) is 2. The van der Waals surface area contributed by atoms with Crippen molar-refractivity contribution in [3.05, 3.63) is 46.6 Å². The summed E-state index contributed by atoms with van der Waals surface area (Å²) in [6.07, 6.45) is 5.85. The van der Waals surface area contributed by atoms with Gasteiger partial charge in [0.1, 0.15) is 0 Å². The molecule has 3 rings (SSSR count). The molecule has 0 radical (unpaired) electrons. The maximum Gasteiger partial charge on any atom is 0.260 e. The molecule has 0 atom stereocenters. The summed E-state index contributed by atoms with van der Waals surface area (Å²) in [5.74, 6) is 0.228. The van der Waals surface area contributed by atoms with Crippen LogP contribution in [0.1, 0.15) is 19.4 Å². The Morgan fingerprint density at radius 1 is 1.17 bits per heavy atom. The van der Waals surface area contributed by atoms with Crippen LogP contribution in [0, 0.1) is 0 Å². The van der Waals surface area contributed by atoms with Crippen LogP contribution in [0.4, 0.5) is 11.6 Å². The second-order valence-electron chi connectivity index (χ2n) is 5.37. The molecule has 0 fully saturated rings. The molecular formula is C17H19N5O. The number of rotatable bonds is 3. The standard InChI is InChI=1S/C17H19N5O/c1-3-12-13(11-8-20-17(19)21-9-11)7-10-5-6-22(4-2)16(23)14(10)15(12)18/h5-9H,3-4,18H2,1-2H3,(H2,19,20,21). The average molecular weight is 309 g/mol. The van der Waals surface area contributed by atoms with Gasteiger partial charge in [0.05, 0.1) is 5.39 Å². The van der Waals surface area contributed by atoms with Gasteiger partial charge in [0, 0.05) is 36.4 Å². The van der Waals surface area contributed by atoms with Crippen LogP contribution >= 0.6 is 0 Å². The zero-order chi connectivity index (χ0) is 16.6. The fraction of sp³-hybridized carbons (Fsp3) is 0.235. The van der Waals surface area contributed by atoms with E-state index in [1.54, 1.807) is 23.2 Å². The van der Waals surface area contributed by atoms with Crippen molar-refractivity contribution in [1.29, 1.82) is 0 Å². The Balaban J connectivity index is 2.36. The van der Waals surface area contributed by atoms with Crippen molar-refractivity contribution in [2.24, 2.45) is 0 Å². The summed E-state index contributed by atoms with van der Waals surface area (Å²) in [5, 5.41) is 1.40. The monoisotopic (exact) mass is 309 g/mol. The van der Waals surface area contributed by atoms with Crippen molar-refractivity contribution >= 4 is 22.4 Å². The van der Waals surface area contributed by atoms with Crippen molar-refractivity contribution < 1.29 is 0 Å². The van der Waals surface area contributed by atoms with Crippen molar-refractivity contribution in [3.8, 4) is 11.1 Å². The number of nitrogen functional groups attached to an aromatic ring is 2. The van der Waals surface area contributed by atoms with E-state index in [0.717, 1.165) is 22.1 Å². The van der Waals surface area contributed by atoms with Crippen LogP contribution in [0.15, 0.2) is 35.5 Å². The molecule has 4 N–H and O–H groups in total. The molecule has 0 aliphatic carbocycles. The van der Waals surface area contributed by atoms with Crippen LogP contribution in [0.2, 0.25) is 0 Å². The van der Waals surface area contributed by atoms with E-state index in [4.69, 9.17) is 11.5 Å². The van der Waals surface area contributed by atoms with Crippen LogP contribution in [-0.4, -0.2) is 14.5 Å². The zero-order valence-electron chi connectivity index (χ0n) is 13.2. The third-order valence-corrected chi connectivity index (χ3v) is 4.09. The highest BCUT2D eigenvalue weighted by molar-refractivity contribution is 5.98. The van der Waals surface area contributed by atoms with Gasteiger partial charge in [-0.15, -0.1) is 0 Å². The third kappa shape index (κ3) is 2.42. The Hall–Kier alpha value is -2.89. The number of anilines is 2. The van der Waals surface area contributed by atoms with E-state index in [2.05, 4.69) is 9.97 Å². The molecule has 118 valence electrons. The number of aryl methyl sites for hydroxylation is 1. The molecule has 0 aliphatic rings. The van der Waals surface area contributed by atoms with E-state index >= 15 is 0 Å². The predicted molar refractivity (Wildman–Crippen MR) is 93.1 cm³/mol. The molecule has 2 heterocycles. The first-order valence-corrected chi connectivity index (χ1v) is 7.59. The molecule has 0 saturated carbocycles. The summed E-state index contributed by atoms with van der Waals surface area (Å²) in [5.41, 5.74) is 15.1. The lowest BCUT2D eigenvalue weighted by molar-refractivity contribution is 0.735. The maximum absolute atomic E-state index is 12.6. The van der Waals surface area contributed by atoms with Crippen LogP contribution in [0.3, 0.4) is 0 Å². The van der Waals surface area contributed by atoms with E-state index in [-0.39, 0.29) is 11.5 Å². The van der Waals surface area contributed by atoms with E-state index in [1.807, 2.05) is 26.0 Å². The number of hydrogen-bond donors (Lipinski definition) is 2. The van der Waals surface area contributed by atoms with Crippen molar-refractivity contribution in [2.45, 2.75) is 26.8 Å². The molecule has 0 aliphatic heterocycles. The van der Waals surface area contributed by atoms with Crippen molar-refractivity contribution in [3.63, 3.8) is 0 Å². The smallest absolute Gasteiger partial charge is 0.260 e. The minimum absolute atomic E-state index is 0.0580. The number of fused-ring (bicyclic) bond motifs is 1. The molecule has 0 spiro atoms. The largest absolute Gasteiger partial charge is 0.398 e. The van der Waals surface area contributed by atoms with Crippen molar-refractivity contribution in [1.82, 2.24) is 14.5 Å². The van der Waals surface area contributed by atoms with Gasteiger partial charge in [0.15, 0.2) is 0 Å². The lowest BCUT2D eigenvalue weighted by Gasteiger charge is -2.15. The average Bonchev–Trinajstić information content (AvgIpc) is 2.55. The topological polar surface area (TPSA) is 99.8 Å². The molecule has 0 amide bonds. The minimum Gasteiger partial charge on any atom is -0.398 e. The van der Waals surface area contributed by atoms with Gasteiger partial charge < -0.3 is 16.0 Å². The summed E-state index contributed by atoms with van der Waals surface area (Å²) < 4.78 is 1.66. The Morgan fingerprint density at radius 3 is 2.48 bits per heavy atom. The highest BCUT2D eigenvalue weighted by atomic mass is 16.1. The van der Waals surface area contributed by atoms with Crippen LogP contribution in [0.25, 0.3) is 21.9 Å². The molecule has 0 saturated heterocycles. The Labute approximate surface area is 133 Å². The normalized spacial score (nSPS) is 11.0. The molecule has 6 nitrogen and oxygen atoms in total. The Morgan fingerprint density at radius 2 is 1.87 bits per heavy atom. The zero-order valence-corrected chi connectivity index (χ0v) is 13.2. The predicted octanol–water partition coefficient (Wildman–Crippen LogP) is 2.21. The second-order valence-corrected chi connectivity index (χ2v) is 5.37. The third-order valence-electron chi connectivity index (χ3n) is 4.09. The van der Waals surface area contributed by atoms with Gasteiger partial charge >= 0.3 is 0 Å². The molecule has 23 heavy (non-hydrogen) atoms. The molecule has 6 heteroatoms. The van der Waals surface area contributed by atoms with Gasteiger partial charge in [-0.1, -0.05) is 6.92 Å². The Bertz CT molecular complexity index is 928. The highest BCUT2D eigenvalue weighted by Gasteiger charge is 2.15. The van der Waals surface area contributed by atoms with Gasteiger partial charge in [0.25, 0.3) is 5.56 Å². The fourth-order valence-corrected chi connectivity index (χ4v) is 2.88. The fourth-order valence-electron chi connectivity index (χ4n) is 2.88. The number of hydrogen-bond acceptors (Lipinski definition) is 5. The quantitative estimate of drug-likeness (QED) is 0.722. The summed E-state index contributed by atoms with van der Waals surface area (Å²) >= 11 is 0. The SMILES string of the molecule is CCc1c(-c2cnc(N)nc2)cc2ccn(CC)c(=O)c2c1N. The van der Waals surface area contributed by atoms with Crippen LogP contribution in [-0.2, 0) is 13.0 Å². The van der Waals surface area contributed by atoms with Crippen LogP contribution < -0.4 is 17.0 Å². The van der Waals surface area contributed by atoms with Gasteiger partial charge in [-0.25, -0.2) is 9.97 Å². The lowest BCUT2D eigenvalue weighted by atomic mass is 9.94. The van der Waals surface area contributed by atoms with Gasteiger partial charge in [-0.3, -0.25) is 4.79 Å². The molecule has 2 aromatic heterocycles. The number of nitrogens with zero attached hydrogens (tertiary/aromatic N) is 3. The first-order valence-electron chi connectivity index (χ1n) is 7.59. The first kappa shape index (κ1) is 15.0. The van der Waals surface area contributed by atoms with Gasteiger partial charge in [-0.05, 0) is 42.0 Å². The van der Waals surface area contributed by atoms with E-state index < -0.39 is 0 Å². The molecule has 0 bridgehead atoms. The van der Waals surface area contributed by atoms with Crippen molar-refractivity contribution in [2.75, 3.05) is 11.5 Å². The number of aromatic nitrogens is 3. The van der Waals surface area contributed by atoms with Gasteiger partial charge in [-0.2, -0.15) is 0 Å². The minimum atomic E-state index is -0.0580. The van der Waals surface area contributed by atoms with Crippen LogP contribution in [0.5, 0.6) is 0 Å². The molecule has 0 unspecified atom stereocenters. The summed E-state index contributed by atoms with van der Waals surface area (Å²) in [7, 11) is 0. The second kappa shape index (κ2) is 5.72. The summed E-state index contributed by atoms with van der Waals surface area (Å²) in [6.45, 7) is 4.56. The summed E-state index contributed by atoms with van der Waals surface area (Å²) in [6, 6.07) is 3.89. The highest BCUT2D eigenvalue weighted by Crippen LogP contribution is 2.33. The van der Waals surface area contributed by atoms with E-state index in [0.29, 0.717) is 24.0 Å². The van der Waals surface area contributed by atoms with E-state index in [9.17, 15) is 4.79 Å². The molecule has 1 aromatic carbocycles.